The third-order valence-corrected chi connectivity index (χ3v) is 2.57. The summed E-state index contributed by atoms with van der Waals surface area (Å²) in [6.07, 6.45) is 2.36. The molecular formula is C12H12N2O3. The zero-order valence-corrected chi connectivity index (χ0v) is 9.34. The van der Waals surface area contributed by atoms with Gasteiger partial charge in [-0.3, -0.25) is 9.59 Å². The van der Waals surface area contributed by atoms with Crippen molar-refractivity contribution in [2.75, 3.05) is 7.11 Å². The van der Waals surface area contributed by atoms with Crippen LogP contribution in [0.25, 0.3) is 10.9 Å². The van der Waals surface area contributed by atoms with E-state index in [1.54, 1.807) is 36.1 Å². The van der Waals surface area contributed by atoms with Gasteiger partial charge in [-0.15, -0.1) is 0 Å². The van der Waals surface area contributed by atoms with Crippen molar-refractivity contribution < 1.29 is 14.3 Å². The molecule has 0 bridgehead atoms. The highest BCUT2D eigenvalue weighted by Crippen LogP contribution is 2.25. The normalized spacial score (nSPS) is 10.4. The number of nitrogens with zero attached hydrogens (tertiary/aromatic N) is 1. The predicted octanol–water partition coefficient (Wildman–Crippen LogP) is 0.948. The van der Waals surface area contributed by atoms with E-state index in [1.807, 2.05) is 0 Å². The van der Waals surface area contributed by atoms with Gasteiger partial charge in [0.05, 0.1) is 7.11 Å². The van der Waals surface area contributed by atoms with Gasteiger partial charge in [-0.2, -0.15) is 0 Å². The van der Waals surface area contributed by atoms with Crippen LogP contribution in [-0.4, -0.2) is 23.9 Å². The molecule has 5 heteroatoms. The summed E-state index contributed by atoms with van der Waals surface area (Å²) in [6.45, 7) is 0.0523. The maximum atomic E-state index is 10.9. The van der Waals surface area contributed by atoms with Gasteiger partial charge in [0, 0.05) is 22.7 Å². The fourth-order valence-electron chi connectivity index (χ4n) is 1.82. The van der Waals surface area contributed by atoms with Crippen LogP contribution in [-0.2, 0) is 11.3 Å². The van der Waals surface area contributed by atoms with Crippen LogP contribution in [0.5, 0.6) is 5.75 Å². The van der Waals surface area contributed by atoms with Crippen LogP contribution >= 0.6 is 0 Å². The number of aldehydes is 1. The van der Waals surface area contributed by atoms with E-state index >= 15 is 0 Å². The molecular weight excluding hydrogens is 220 g/mol. The predicted molar refractivity (Wildman–Crippen MR) is 63.1 cm³/mol. The van der Waals surface area contributed by atoms with Crippen LogP contribution in [0.15, 0.2) is 24.4 Å². The molecule has 2 rings (SSSR count). The fourth-order valence-corrected chi connectivity index (χ4v) is 1.82. The first kappa shape index (κ1) is 11.2. The zero-order chi connectivity index (χ0) is 12.4. The summed E-state index contributed by atoms with van der Waals surface area (Å²) in [5.41, 5.74) is 6.45. The van der Waals surface area contributed by atoms with Crippen molar-refractivity contribution >= 4 is 23.1 Å². The van der Waals surface area contributed by atoms with E-state index in [4.69, 9.17) is 10.5 Å². The number of aromatic nitrogens is 1. The quantitative estimate of drug-likeness (QED) is 0.797. The van der Waals surface area contributed by atoms with Crippen molar-refractivity contribution in [3.05, 3.63) is 30.0 Å². The van der Waals surface area contributed by atoms with Gasteiger partial charge in [-0.1, -0.05) is 0 Å². The van der Waals surface area contributed by atoms with Crippen LogP contribution in [0.3, 0.4) is 0 Å². The molecule has 2 aromatic rings. The summed E-state index contributed by atoms with van der Waals surface area (Å²) in [4.78, 5) is 21.9. The van der Waals surface area contributed by atoms with Gasteiger partial charge in [-0.25, -0.2) is 0 Å². The number of rotatable bonds is 4. The number of nitrogens with two attached hydrogens (primary N) is 1. The van der Waals surface area contributed by atoms with Crippen LogP contribution in [0.2, 0.25) is 0 Å². The number of carbonyl (C=O) groups excluding carboxylic acids is 2. The second-order valence-corrected chi connectivity index (χ2v) is 3.68. The van der Waals surface area contributed by atoms with Crippen molar-refractivity contribution in [3.63, 3.8) is 0 Å². The number of hydrogen-bond donors (Lipinski definition) is 1. The second-order valence-electron chi connectivity index (χ2n) is 3.68. The fraction of sp³-hybridized carbons (Fsp3) is 0.167. The lowest BCUT2D eigenvalue weighted by Crippen LogP contribution is -2.17. The minimum absolute atomic E-state index is 0.0523. The Hall–Kier alpha value is -2.30. The summed E-state index contributed by atoms with van der Waals surface area (Å²) in [7, 11) is 1.56. The monoisotopic (exact) mass is 232 g/mol. The molecule has 0 saturated heterocycles. The SMILES string of the molecule is COc1ccc2c(c1)c(C=O)cn2CC(N)=O. The van der Waals surface area contributed by atoms with Crippen LogP contribution in [0, 0.1) is 0 Å². The zero-order valence-electron chi connectivity index (χ0n) is 9.34. The Morgan fingerprint density at radius 2 is 2.29 bits per heavy atom. The molecule has 88 valence electrons. The van der Waals surface area contributed by atoms with E-state index in [0.29, 0.717) is 11.3 Å². The number of primary amides is 1. The molecule has 5 nitrogen and oxygen atoms in total. The second kappa shape index (κ2) is 4.29. The Morgan fingerprint density at radius 1 is 1.53 bits per heavy atom. The molecule has 1 heterocycles. The highest BCUT2D eigenvalue weighted by molar-refractivity contribution is 5.98. The van der Waals surface area contributed by atoms with Gasteiger partial charge < -0.3 is 15.0 Å². The van der Waals surface area contributed by atoms with Crippen molar-refractivity contribution in [2.24, 2.45) is 5.73 Å². The van der Waals surface area contributed by atoms with Gasteiger partial charge in [0.2, 0.25) is 5.91 Å². The van der Waals surface area contributed by atoms with Crippen LogP contribution in [0.1, 0.15) is 10.4 Å². The topological polar surface area (TPSA) is 74.3 Å². The first-order valence-electron chi connectivity index (χ1n) is 5.06. The van der Waals surface area contributed by atoms with Crippen LogP contribution < -0.4 is 10.5 Å². The highest BCUT2D eigenvalue weighted by Gasteiger charge is 2.10. The minimum atomic E-state index is -0.449. The number of amides is 1. The Bertz CT molecular complexity index is 587. The van der Waals surface area contributed by atoms with Crippen LogP contribution in [0.4, 0.5) is 0 Å². The van der Waals surface area contributed by atoms with E-state index in [1.165, 1.54) is 0 Å². The lowest BCUT2D eigenvalue weighted by Gasteiger charge is -2.03. The summed E-state index contributed by atoms with van der Waals surface area (Å²) in [5, 5.41) is 0.751. The molecule has 0 aliphatic heterocycles. The van der Waals surface area contributed by atoms with Crippen molar-refractivity contribution in [1.82, 2.24) is 4.57 Å². The molecule has 0 aliphatic carbocycles. The third kappa shape index (κ3) is 1.99. The lowest BCUT2D eigenvalue weighted by molar-refractivity contribution is -0.118. The Balaban J connectivity index is 2.63. The third-order valence-electron chi connectivity index (χ3n) is 2.57. The van der Waals surface area contributed by atoms with Gasteiger partial charge in [0.1, 0.15) is 12.3 Å². The van der Waals surface area contributed by atoms with Gasteiger partial charge >= 0.3 is 0 Å². The Kier molecular flexibility index (Phi) is 2.82. The average Bonchev–Trinajstić information content (AvgIpc) is 2.66. The Morgan fingerprint density at radius 3 is 2.88 bits per heavy atom. The number of carbonyl (C=O) groups is 2. The maximum Gasteiger partial charge on any atom is 0.237 e. The molecule has 0 radical (unpaired) electrons. The van der Waals surface area contributed by atoms with Crippen molar-refractivity contribution in [2.45, 2.75) is 6.54 Å². The number of hydrogen-bond acceptors (Lipinski definition) is 3. The van der Waals surface area contributed by atoms with Crippen molar-refractivity contribution in [1.29, 1.82) is 0 Å². The minimum Gasteiger partial charge on any atom is -0.497 e. The molecule has 0 fully saturated rings. The first-order valence-corrected chi connectivity index (χ1v) is 5.06. The standard InChI is InChI=1S/C12H12N2O3/c1-17-9-2-3-11-10(4-9)8(7-15)5-14(11)6-12(13)16/h2-5,7H,6H2,1H3,(H2,13,16). The largest absolute Gasteiger partial charge is 0.497 e. The molecule has 0 saturated carbocycles. The summed E-state index contributed by atoms with van der Waals surface area (Å²) in [5.74, 6) is 0.215. The number of benzene rings is 1. The van der Waals surface area contributed by atoms with E-state index < -0.39 is 5.91 Å². The molecule has 0 unspecified atom stereocenters. The smallest absolute Gasteiger partial charge is 0.237 e. The summed E-state index contributed by atoms with van der Waals surface area (Å²) >= 11 is 0. The summed E-state index contributed by atoms with van der Waals surface area (Å²) in [6, 6.07) is 5.33. The maximum absolute atomic E-state index is 10.9. The van der Waals surface area contributed by atoms with Gasteiger partial charge in [0.25, 0.3) is 0 Å². The van der Waals surface area contributed by atoms with Crippen molar-refractivity contribution in [3.8, 4) is 5.75 Å². The lowest BCUT2D eigenvalue weighted by atomic mass is 10.2. The molecule has 1 aromatic carbocycles. The van der Waals surface area contributed by atoms with E-state index in [-0.39, 0.29) is 6.54 Å². The van der Waals surface area contributed by atoms with E-state index in [0.717, 1.165) is 17.2 Å². The number of fused-ring (bicyclic) bond motifs is 1. The number of methoxy groups -OCH3 is 1. The molecule has 0 atom stereocenters. The first-order chi connectivity index (χ1) is 8.15. The Labute approximate surface area is 97.8 Å². The molecule has 17 heavy (non-hydrogen) atoms. The molecule has 0 spiro atoms. The van der Waals surface area contributed by atoms with Gasteiger partial charge in [-0.05, 0) is 18.2 Å². The average molecular weight is 232 g/mol. The summed E-state index contributed by atoms with van der Waals surface area (Å²) < 4.78 is 6.75. The number of ether oxygens (including phenoxy) is 1. The van der Waals surface area contributed by atoms with Gasteiger partial charge in [0.15, 0.2) is 6.29 Å². The van der Waals surface area contributed by atoms with E-state index in [2.05, 4.69) is 0 Å². The molecule has 1 aromatic heterocycles. The molecule has 0 aliphatic rings. The molecule has 2 N–H and O–H groups in total. The highest BCUT2D eigenvalue weighted by atomic mass is 16.5. The molecule has 1 amide bonds. The van der Waals surface area contributed by atoms with E-state index in [9.17, 15) is 9.59 Å².